The van der Waals surface area contributed by atoms with E-state index in [1.54, 1.807) is 4.57 Å². The van der Waals surface area contributed by atoms with Crippen LogP contribution in [0.2, 0.25) is 18.1 Å². The number of anilines is 1. The Morgan fingerprint density at radius 2 is 2.10 bits per heavy atom. The molecule has 2 aromatic heterocycles. The Morgan fingerprint density at radius 3 is 2.77 bits per heavy atom. The van der Waals surface area contributed by atoms with E-state index in [-0.39, 0.29) is 17.5 Å². The summed E-state index contributed by atoms with van der Waals surface area (Å²) in [4.78, 5) is 23.1. The van der Waals surface area contributed by atoms with Crippen molar-refractivity contribution in [2.24, 2.45) is 0 Å². The second-order valence-corrected chi connectivity index (χ2v) is 17.2. The van der Waals surface area contributed by atoms with Crippen LogP contribution in [0.3, 0.4) is 0 Å². The molecule has 2 fully saturated rings. The largest absolute Gasteiger partial charge is 0.407 e. The quantitative estimate of drug-likeness (QED) is 0.342. The minimum absolute atomic E-state index is 0.0545. The number of halogens is 1. The first-order valence-electron chi connectivity index (χ1n) is 9.44. The van der Waals surface area contributed by atoms with Gasteiger partial charge in [0.05, 0.1) is 6.61 Å². The third-order valence-electron chi connectivity index (χ3n) is 5.90. The van der Waals surface area contributed by atoms with E-state index < -0.39 is 39.6 Å². The second-order valence-electron chi connectivity index (χ2n) is 8.92. The first kappa shape index (κ1) is 22.7. The number of nitrogens with two attached hydrogens (primary N) is 1. The van der Waals surface area contributed by atoms with Gasteiger partial charge in [-0.05, 0) is 45.9 Å². The van der Waals surface area contributed by atoms with E-state index in [0.717, 1.165) is 0 Å². The zero-order valence-electron chi connectivity index (χ0n) is 17.3. The Kier molecular flexibility index (Phi) is 5.69. The van der Waals surface area contributed by atoms with Gasteiger partial charge in [0, 0.05) is 0 Å². The molecule has 0 bridgehead atoms. The molecular formula is C16H25BrN5O5PSSi. The fourth-order valence-electron chi connectivity index (χ4n) is 3.30. The van der Waals surface area contributed by atoms with Gasteiger partial charge >= 0.3 is 6.72 Å². The first-order chi connectivity index (χ1) is 13.8. The Morgan fingerprint density at radius 1 is 1.40 bits per heavy atom. The van der Waals surface area contributed by atoms with Crippen LogP contribution in [0.25, 0.3) is 11.2 Å². The number of hydrogen-bond donors (Lipinski definition) is 2. The average Bonchev–Trinajstić information content (AvgIpc) is 3.11. The summed E-state index contributed by atoms with van der Waals surface area (Å²) in [6.45, 7) is 7.50. The molecule has 10 nitrogen and oxygen atoms in total. The van der Waals surface area contributed by atoms with Crippen molar-refractivity contribution in [3.8, 4) is 0 Å². The molecule has 30 heavy (non-hydrogen) atoms. The maximum atomic E-state index is 10.3. The van der Waals surface area contributed by atoms with Crippen LogP contribution in [0.5, 0.6) is 0 Å². The van der Waals surface area contributed by atoms with Gasteiger partial charge in [-0.15, -0.1) is 0 Å². The number of nitrogens with zero attached hydrogens (tertiary/aromatic N) is 4. The smallest absolute Gasteiger partial charge is 0.325 e. The fraction of sp³-hybridized carbons (Fsp3) is 0.688. The highest BCUT2D eigenvalue weighted by atomic mass is 79.9. The van der Waals surface area contributed by atoms with Crippen LogP contribution in [-0.2, 0) is 30.0 Å². The molecule has 2 aliphatic heterocycles. The van der Waals surface area contributed by atoms with Crippen LogP contribution in [0, 0.1) is 0 Å². The number of ether oxygens (including phenoxy) is 1. The van der Waals surface area contributed by atoms with Crippen molar-refractivity contribution >= 4 is 59.8 Å². The number of hydrogen-bond acceptors (Lipinski definition) is 9. The molecule has 0 saturated carbocycles. The summed E-state index contributed by atoms with van der Waals surface area (Å²) in [7, 11) is -2.25. The normalized spacial score (nSPS) is 32.5. The Labute approximate surface area is 189 Å². The van der Waals surface area contributed by atoms with E-state index in [1.807, 2.05) is 0 Å². The van der Waals surface area contributed by atoms with Crippen molar-refractivity contribution < 1.29 is 23.1 Å². The summed E-state index contributed by atoms with van der Waals surface area (Å²) in [6.07, 6.45) is -0.867. The molecule has 4 heterocycles. The monoisotopic (exact) mass is 537 g/mol. The highest BCUT2D eigenvalue weighted by molar-refractivity contribution is 9.10. The molecule has 2 aliphatic rings. The predicted molar refractivity (Wildman–Crippen MR) is 121 cm³/mol. The summed E-state index contributed by atoms with van der Waals surface area (Å²) >= 11 is 8.59. The van der Waals surface area contributed by atoms with Crippen LogP contribution >= 0.6 is 22.6 Å². The maximum Gasteiger partial charge on any atom is 0.325 e. The summed E-state index contributed by atoms with van der Waals surface area (Å²) in [5.74, 6) is 0.266. The minimum atomic E-state index is -3.36. The van der Waals surface area contributed by atoms with E-state index in [1.165, 1.54) is 6.33 Å². The lowest BCUT2D eigenvalue weighted by Gasteiger charge is -2.41. The summed E-state index contributed by atoms with van der Waals surface area (Å²) < 4.78 is 26.4. The molecule has 0 aromatic carbocycles. The highest BCUT2D eigenvalue weighted by Gasteiger charge is 2.55. The van der Waals surface area contributed by atoms with Crippen molar-refractivity contribution in [1.29, 1.82) is 0 Å². The van der Waals surface area contributed by atoms with E-state index in [0.29, 0.717) is 15.9 Å². The minimum Gasteiger partial charge on any atom is -0.407 e. The second kappa shape index (κ2) is 7.53. The molecule has 0 spiro atoms. The lowest BCUT2D eigenvalue weighted by molar-refractivity contribution is -0.0597. The van der Waals surface area contributed by atoms with Gasteiger partial charge in [0.25, 0.3) is 0 Å². The van der Waals surface area contributed by atoms with Gasteiger partial charge in [-0.2, -0.15) is 0 Å². The number of rotatable bonds is 3. The first-order valence-corrected chi connectivity index (χ1v) is 15.7. The maximum absolute atomic E-state index is 10.3. The lowest BCUT2D eigenvalue weighted by atomic mass is 10.1. The molecule has 2 aromatic rings. The molecule has 166 valence electrons. The summed E-state index contributed by atoms with van der Waals surface area (Å²) in [5, 5.41) is -0.0545. The SMILES string of the molecule is CC(C)(C)[Si](C)(C)O[C@H]1C2OP(O)(=S)OCC2O[C@H]1n1c(Br)nc2c(N)ncnc21. The van der Waals surface area contributed by atoms with Crippen molar-refractivity contribution in [3.63, 3.8) is 0 Å². The van der Waals surface area contributed by atoms with Crippen molar-refractivity contribution in [2.75, 3.05) is 12.3 Å². The molecule has 5 atom stereocenters. The van der Waals surface area contributed by atoms with E-state index >= 15 is 0 Å². The Hall–Kier alpha value is -0.503. The van der Waals surface area contributed by atoms with Crippen LogP contribution in [0.4, 0.5) is 5.82 Å². The number of aromatic nitrogens is 4. The molecule has 14 heteroatoms. The number of nitrogen functional groups attached to an aromatic ring is 1. The molecule has 0 radical (unpaired) electrons. The zero-order chi connectivity index (χ0) is 22.1. The van der Waals surface area contributed by atoms with Gasteiger partial charge in [-0.1, -0.05) is 20.8 Å². The lowest BCUT2D eigenvalue weighted by Crippen LogP contribution is -2.50. The van der Waals surface area contributed by atoms with Gasteiger partial charge < -0.3 is 24.3 Å². The van der Waals surface area contributed by atoms with Gasteiger partial charge in [0.15, 0.2) is 36.3 Å². The molecule has 4 rings (SSSR count). The molecule has 0 aliphatic carbocycles. The summed E-state index contributed by atoms with van der Waals surface area (Å²) in [6, 6.07) is 0. The van der Waals surface area contributed by atoms with Gasteiger partial charge in [0.2, 0.25) is 0 Å². The van der Waals surface area contributed by atoms with E-state index in [4.69, 9.17) is 35.8 Å². The molecule has 3 unspecified atom stereocenters. The van der Waals surface area contributed by atoms with Crippen LogP contribution < -0.4 is 5.73 Å². The predicted octanol–water partition coefficient (Wildman–Crippen LogP) is 3.09. The molecular weight excluding hydrogens is 513 g/mol. The van der Waals surface area contributed by atoms with Crippen molar-refractivity contribution in [2.45, 2.75) is 63.4 Å². The molecule has 2 saturated heterocycles. The summed E-state index contributed by atoms with van der Waals surface area (Å²) in [5.41, 5.74) is 6.95. The topological polar surface area (TPSA) is 127 Å². The third-order valence-corrected chi connectivity index (χ3v) is 12.5. The van der Waals surface area contributed by atoms with Crippen molar-refractivity contribution in [1.82, 2.24) is 19.5 Å². The van der Waals surface area contributed by atoms with Crippen LogP contribution in [-0.4, -0.2) is 57.6 Å². The van der Waals surface area contributed by atoms with Crippen LogP contribution in [0.1, 0.15) is 27.0 Å². The number of fused-ring (bicyclic) bond motifs is 2. The Bertz CT molecular complexity index is 1030. The fourth-order valence-corrected chi connectivity index (χ4v) is 6.57. The zero-order valence-corrected chi connectivity index (χ0v) is 21.6. The standard InChI is InChI=1S/C16H25BrN5O5PSSi/c1-16(2,3)30(4,5)27-11-10-8(6-24-28(23,29)26-10)25-14(11)22-13-9(21-15(22)17)12(18)19-7-20-13/h7-8,10-11,14H,6H2,1-5H3,(H,23,29)(H2,18,19,20)/t8?,10?,11-,14+,28?/m0/s1. The van der Waals surface area contributed by atoms with E-state index in [9.17, 15) is 4.89 Å². The molecule has 0 amide bonds. The Balaban J connectivity index is 1.81. The third kappa shape index (κ3) is 3.88. The average molecular weight is 538 g/mol. The highest BCUT2D eigenvalue weighted by Crippen LogP contribution is 2.54. The van der Waals surface area contributed by atoms with Crippen LogP contribution in [0.15, 0.2) is 11.1 Å². The molecule has 3 N–H and O–H groups in total. The van der Waals surface area contributed by atoms with Gasteiger partial charge in [0.1, 0.15) is 24.6 Å². The van der Waals surface area contributed by atoms with Gasteiger partial charge in [-0.25, -0.2) is 15.0 Å². The number of imidazole rings is 1. The van der Waals surface area contributed by atoms with E-state index in [2.05, 4.69) is 64.7 Å². The van der Waals surface area contributed by atoms with Crippen molar-refractivity contribution in [3.05, 3.63) is 11.1 Å². The van der Waals surface area contributed by atoms with Gasteiger partial charge in [-0.3, -0.25) is 9.09 Å².